The first-order valence-corrected chi connectivity index (χ1v) is 12.1. The second-order valence-electron chi connectivity index (χ2n) is 10.9. The fraction of sp³-hybridized carbons (Fsp3) is 0.692. The zero-order valence-corrected chi connectivity index (χ0v) is 21.7. The molecule has 0 aromatic rings. The fourth-order valence-electron chi connectivity index (χ4n) is 6.46. The molecule has 4 aliphatic rings. The minimum Gasteiger partial charge on any atom is -0.462 e. The van der Waals surface area contributed by atoms with Crippen molar-refractivity contribution in [2.75, 3.05) is 0 Å². The van der Waals surface area contributed by atoms with Crippen LogP contribution in [0.5, 0.6) is 0 Å². The first-order valence-electron chi connectivity index (χ1n) is 12.1. The summed E-state index contributed by atoms with van der Waals surface area (Å²) < 4.78 is 29.0. The average Bonchev–Trinajstić information content (AvgIpc) is 3.32. The standard InChI is InChI=1S/C26H34O10/c1-13-8-9-17(32-14(2)27)23(5)11-10-18(33-15(3)28)24(6,31)20(23)21(34-16(4)29)26-19(12-13)35-22(30)25(26,7)36-26/h10-12,17-21,31H,8-9H2,1-7H3/b13-12-/t17-,18+,19-,20+,21?,23+,24-,25-,26-/m0/s1. The third kappa shape index (κ3) is 3.76. The van der Waals surface area contributed by atoms with Crippen LogP contribution in [0.3, 0.4) is 0 Å². The van der Waals surface area contributed by atoms with Crippen molar-refractivity contribution in [3.8, 4) is 0 Å². The minimum absolute atomic E-state index is 0.381. The molecule has 0 saturated carbocycles. The molecule has 0 amide bonds. The van der Waals surface area contributed by atoms with E-state index in [1.165, 1.54) is 27.7 Å². The Bertz CT molecular complexity index is 1060. The molecule has 4 rings (SSSR count). The van der Waals surface area contributed by atoms with E-state index in [0.717, 1.165) is 5.57 Å². The average molecular weight is 507 g/mol. The number of hydrogen-bond donors (Lipinski definition) is 1. The highest BCUT2D eigenvalue weighted by Gasteiger charge is 2.87. The summed E-state index contributed by atoms with van der Waals surface area (Å²) in [5.41, 5.74) is -4.96. The zero-order valence-electron chi connectivity index (χ0n) is 21.7. The van der Waals surface area contributed by atoms with E-state index < -0.39 is 76.4 Å². The Morgan fingerprint density at radius 1 is 1.03 bits per heavy atom. The van der Waals surface area contributed by atoms with Crippen LogP contribution in [0.1, 0.15) is 61.3 Å². The molecular formula is C26H34O10. The second-order valence-corrected chi connectivity index (χ2v) is 10.9. The van der Waals surface area contributed by atoms with Gasteiger partial charge in [-0.2, -0.15) is 0 Å². The molecule has 0 radical (unpaired) electrons. The Morgan fingerprint density at radius 2 is 1.64 bits per heavy atom. The molecule has 0 aromatic heterocycles. The van der Waals surface area contributed by atoms with Crippen LogP contribution in [0.25, 0.3) is 0 Å². The molecule has 2 aliphatic carbocycles. The highest BCUT2D eigenvalue weighted by molar-refractivity contribution is 5.89. The van der Waals surface area contributed by atoms with Crippen molar-refractivity contribution in [2.45, 2.75) is 103 Å². The summed E-state index contributed by atoms with van der Waals surface area (Å²) in [6.07, 6.45) is 1.96. The summed E-state index contributed by atoms with van der Waals surface area (Å²) in [6.45, 7) is 10.5. The third-order valence-corrected chi connectivity index (χ3v) is 8.18. The van der Waals surface area contributed by atoms with Gasteiger partial charge in [-0.3, -0.25) is 14.4 Å². The highest BCUT2D eigenvalue weighted by Crippen LogP contribution is 2.65. The van der Waals surface area contributed by atoms with Crippen LogP contribution in [0.4, 0.5) is 0 Å². The SMILES string of the molecule is CC(=O)OC1[C@H]2[C@@](C)(O)[C@H](OC(C)=O)C=C[C@]2(C)[C@@H](OC(C)=O)CC/C(C)=C\[C@@H]2OC(=O)[C@]3(C)O[C@]123. The number of carbonyl (C=O) groups is 4. The maximum atomic E-state index is 12.9. The van der Waals surface area contributed by atoms with Gasteiger partial charge in [0.15, 0.2) is 17.3 Å². The van der Waals surface area contributed by atoms with E-state index in [9.17, 15) is 24.3 Å². The number of ether oxygens (including phenoxy) is 5. The summed E-state index contributed by atoms with van der Waals surface area (Å²) in [4.78, 5) is 49.5. The molecule has 36 heavy (non-hydrogen) atoms. The Kier molecular flexibility index (Phi) is 6.16. The van der Waals surface area contributed by atoms with Crippen LogP contribution in [-0.2, 0) is 42.9 Å². The largest absolute Gasteiger partial charge is 0.462 e. The van der Waals surface area contributed by atoms with Gasteiger partial charge in [-0.25, -0.2) is 4.79 Å². The molecule has 10 heteroatoms. The molecule has 1 unspecified atom stereocenters. The number of esters is 4. The van der Waals surface area contributed by atoms with E-state index in [-0.39, 0.29) is 0 Å². The van der Waals surface area contributed by atoms with Gasteiger partial charge >= 0.3 is 23.9 Å². The molecule has 2 saturated heterocycles. The first-order chi connectivity index (χ1) is 16.6. The van der Waals surface area contributed by atoms with Crippen LogP contribution >= 0.6 is 0 Å². The normalized spacial score (nSPS) is 46.6. The maximum Gasteiger partial charge on any atom is 0.342 e. The van der Waals surface area contributed by atoms with Crippen molar-refractivity contribution in [2.24, 2.45) is 11.3 Å². The Balaban J connectivity index is 1.99. The van der Waals surface area contributed by atoms with E-state index in [1.54, 1.807) is 32.1 Å². The van der Waals surface area contributed by atoms with E-state index in [1.807, 2.05) is 6.92 Å². The Morgan fingerprint density at radius 3 is 2.19 bits per heavy atom. The molecule has 2 fully saturated rings. The number of hydrogen-bond acceptors (Lipinski definition) is 10. The molecule has 2 aliphatic heterocycles. The van der Waals surface area contributed by atoms with E-state index in [0.29, 0.717) is 12.8 Å². The van der Waals surface area contributed by atoms with Crippen LogP contribution in [0.2, 0.25) is 0 Å². The molecule has 1 N–H and O–H groups in total. The molecule has 0 bridgehead atoms. The first kappa shape index (κ1) is 26.3. The highest BCUT2D eigenvalue weighted by atomic mass is 16.7. The minimum atomic E-state index is -1.83. The topological polar surface area (TPSA) is 138 Å². The molecule has 2 heterocycles. The van der Waals surface area contributed by atoms with Crippen molar-refractivity contribution in [1.82, 2.24) is 0 Å². The number of rotatable bonds is 3. The van der Waals surface area contributed by atoms with Gasteiger partial charge < -0.3 is 28.8 Å². The molecule has 198 valence electrons. The van der Waals surface area contributed by atoms with Gasteiger partial charge in [-0.15, -0.1) is 0 Å². The molecule has 0 aromatic carbocycles. The summed E-state index contributed by atoms with van der Waals surface area (Å²) in [5.74, 6) is -3.44. The zero-order chi connectivity index (χ0) is 26.8. The number of aliphatic hydroxyl groups is 1. The molecule has 1 spiro atoms. The lowest BCUT2D eigenvalue weighted by Crippen LogP contribution is -2.67. The van der Waals surface area contributed by atoms with Gasteiger partial charge in [0.25, 0.3) is 0 Å². The van der Waals surface area contributed by atoms with Crippen molar-refractivity contribution in [1.29, 1.82) is 0 Å². The van der Waals surface area contributed by atoms with Crippen molar-refractivity contribution in [3.05, 3.63) is 23.8 Å². The van der Waals surface area contributed by atoms with Gasteiger partial charge in [0.1, 0.15) is 23.9 Å². The summed E-state index contributed by atoms with van der Waals surface area (Å²) >= 11 is 0. The molecular weight excluding hydrogens is 472 g/mol. The van der Waals surface area contributed by atoms with E-state index in [2.05, 4.69) is 0 Å². The van der Waals surface area contributed by atoms with E-state index in [4.69, 9.17) is 23.7 Å². The van der Waals surface area contributed by atoms with Crippen LogP contribution < -0.4 is 0 Å². The lowest BCUT2D eigenvalue weighted by atomic mass is 9.55. The number of carbonyl (C=O) groups excluding carboxylic acids is 4. The lowest BCUT2D eigenvalue weighted by molar-refractivity contribution is -0.218. The number of allylic oxidation sites excluding steroid dienone is 1. The maximum absolute atomic E-state index is 12.9. The van der Waals surface area contributed by atoms with Gasteiger partial charge in [0.2, 0.25) is 0 Å². The Labute approximate surface area is 209 Å². The quantitative estimate of drug-likeness (QED) is 0.261. The Hall–Kier alpha value is -2.72. The van der Waals surface area contributed by atoms with Gasteiger partial charge in [-0.05, 0) is 45.8 Å². The second kappa shape index (κ2) is 8.41. The van der Waals surface area contributed by atoms with Crippen LogP contribution in [0, 0.1) is 11.3 Å². The summed E-state index contributed by atoms with van der Waals surface area (Å²) in [5, 5.41) is 12.1. The van der Waals surface area contributed by atoms with Crippen molar-refractivity contribution < 1.29 is 48.0 Å². The summed E-state index contributed by atoms with van der Waals surface area (Å²) in [6, 6.07) is 0. The monoisotopic (exact) mass is 506 g/mol. The van der Waals surface area contributed by atoms with Gasteiger partial charge in [-0.1, -0.05) is 18.6 Å². The predicted octanol–water partition coefficient (Wildman–Crippen LogP) is 1.92. The van der Waals surface area contributed by atoms with Crippen LogP contribution in [-0.4, -0.2) is 70.2 Å². The van der Waals surface area contributed by atoms with Crippen molar-refractivity contribution >= 4 is 23.9 Å². The predicted molar refractivity (Wildman–Crippen MR) is 123 cm³/mol. The fourth-order valence-corrected chi connectivity index (χ4v) is 6.46. The van der Waals surface area contributed by atoms with Gasteiger partial charge in [0.05, 0.1) is 0 Å². The molecule has 10 nitrogen and oxygen atoms in total. The number of epoxide rings is 1. The summed E-state index contributed by atoms with van der Waals surface area (Å²) in [7, 11) is 0. The van der Waals surface area contributed by atoms with Gasteiger partial charge in [0, 0.05) is 32.1 Å². The third-order valence-electron chi connectivity index (χ3n) is 8.18. The number of fused-ring (bicyclic) bond motifs is 1. The molecule has 9 atom stereocenters. The van der Waals surface area contributed by atoms with E-state index >= 15 is 0 Å². The smallest absolute Gasteiger partial charge is 0.342 e. The lowest BCUT2D eigenvalue weighted by Gasteiger charge is -2.55. The van der Waals surface area contributed by atoms with Crippen molar-refractivity contribution in [3.63, 3.8) is 0 Å². The van der Waals surface area contributed by atoms with Crippen LogP contribution in [0.15, 0.2) is 23.8 Å².